The van der Waals surface area contributed by atoms with Gasteiger partial charge >= 0.3 is 5.66 Å². The van der Waals surface area contributed by atoms with Crippen LogP contribution in [-0.2, 0) is 4.79 Å². The molecule has 0 aliphatic heterocycles. The van der Waals surface area contributed by atoms with Crippen LogP contribution < -0.4 is 5.32 Å². The summed E-state index contributed by atoms with van der Waals surface area (Å²) in [4.78, 5) is 14.6. The van der Waals surface area contributed by atoms with Gasteiger partial charge in [0, 0.05) is 11.0 Å². The van der Waals surface area contributed by atoms with Crippen LogP contribution in [0.15, 0.2) is 23.8 Å². The first-order chi connectivity index (χ1) is 8.17. The van der Waals surface area contributed by atoms with Gasteiger partial charge in [0.25, 0.3) is 0 Å². The van der Waals surface area contributed by atoms with E-state index in [1.165, 1.54) is 6.42 Å². The van der Waals surface area contributed by atoms with E-state index in [1.807, 2.05) is 6.08 Å². The predicted molar refractivity (Wildman–Crippen MR) is 66.9 cm³/mol. The van der Waals surface area contributed by atoms with E-state index in [2.05, 4.69) is 29.2 Å². The monoisotopic (exact) mass is 230 g/mol. The minimum absolute atomic E-state index is 0.0335. The highest BCUT2D eigenvalue weighted by atomic mass is 16.1. The summed E-state index contributed by atoms with van der Waals surface area (Å²) in [6.45, 7) is 9.69. The van der Waals surface area contributed by atoms with Crippen molar-refractivity contribution >= 4 is 6.41 Å². The molecule has 0 saturated carbocycles. The Morgan fingerprint density at radius 2 is 2.24 bits per heavy atom. The number of rotatable bonds is 2. The minimum atomic E-state index is -0.843. The zero-order valence-corrected chi connectivity index (χ0v) is 10.2. The van der Waals surface area contributed by atoms with E-state index in [-0.39, 0.29) is 5.41 Å². The molecule has 90 valence electrons. The number of nitrogens with one attached hydrogen (secondary N) is 1. The lowest BCUT2D eigenvalue weighted by Gasteiger charge is -2.38. The number of nitrogens with zero attached hydrogens (tertiary/aromatic N) is 1. The summed E-state index contributed by atoms with van der Waals surface area (Å²) in [5, 5.41) is 2.76. The van der Waals surface area contributed by atoms with Crippen LogP contribution in [0.1, 0.15) is 39.0 Å². The summed E-state index contributed by atoms with van der Waals surface area (Å²) >= 11 is 0. The van der Waals surface area contributed by atoms with Gasteiger partial charge in [0.2, 0.25) is 6.41 Å². The van der Waals surface area contributed by atoms with Crippen LogP contribution in [0.3, 0.4) is 0 Å². The third kappa shape index (κ3) is 1.88. The molecular formula is C14H18N2O. The molecule has 0 aromatic rings. The van der Waals surface area contributed by atoms with Crippen LogP contribution in [0, 0.1) is 12.0 Å². The second kappa shape index (κ2) is 4.37. The van der Waals surface area contributed by atoms with Crippen molar-refractivity contribution in [3.63, 3.8) is 0 Å². The maximum atomic E-state index is 10.8. The van der Waals surface area contributed by atoms with Crippen LogP contribution in [0.25, 0.3) is 4.85 Å². The Bertz CT molecular complexity index is 418. The molecule has 2 aliphatic rings. The molecule has 2 rings (SSSR count). The van der Waals surface area contributed by atoms with E-state index in [9.17, 15) is 4.79 Å². The minimum Gasteiger partial charge on any atom is -0.283 e. The maximum absolute atomic E-state index is 10.8. The van der Waals surface area contributed by atoms with Crippen molar-refractivity contribution in [2.75, 3.05) is 0 Å². The van der Waals surface area contributed by atoms with E-state index in [0.29, 0.717) is 12.8 Å². The van der Waals surface area contributed by atoms with Gasteiger partial charge in [-0.15, -0.1) is 0 Å². The molecule has 0 bridgehead atoms. The first-order valence-electron chi connectivity index (χ1n) is 6.13. The fourth-order valence-corrected chi connectivity index (χ4v) is 3.08. The number of hydrogen-bond acceptors (Lipinski definition) is 1. The Morgan fingerprint density at radius 1 is 1.47 bits per heavy atom. The maximum Gasteiger partial charge on any atom is 0.333 e. The molecule has 0 radical (unpaired) electrons. The molecular weight excluding hydrogens is 212 g/mol. The van der Waals surface area contributed by atoms with E-state index >= 15 is 0 Å². The highest BCUT2D eigenvalue weighted by Crippen LogP contribution is 2.48. The molecule has 17 heavy (non-hydrogen) atoms. The Balaban J connectivity index is 2.50. The summed E-state index contributed by atoms with van der Waals surface area (Å²) in [6.07, 6.45) is 11.8. The van der Waals surface area contributed by atoms with Gasteiger partial charge in [-0.1, -0.05) is 25.2 Å². The fourth-order valence-electron chi connectivity index (χ4n) is 3.08. The Labute approximate surface area is 102 Å². The molecule has 0 fully saturated rings. The van der Waals surface area contributed by atoms with Crippen molar-refractivity contribution in [1.82, 2.24) is 5.32 Å². The zero-order chi connectivity index (χ0) is 12.4. The lowest BCUT2D eigenvalue weighted by Crippen LogP contribution is -2.47. The second-order valence-electron chi connectivity index (χ2n) is 5.18. The van der Waals surface area contributed by atoms with Crippen LogP contribution in [0.2, 0.25) is 0 Å². The van der Waals surface area contributed by atoms with Gasteiger partial charge in [-0.2, -0.15) is 0 Å². The number of carbonyl (C=O) groups excluding carboxylic acids is 1. The summed E-state index contributed by atoms with van der Waals surface area (Å²) in [7, 11) is 0. The van der Waals surface area contributed by atoms with Crippen LogP contribution >= 0.6 is 0 Å². The second-order valence-corrected chi connectivity index (χ2v) is 5.18. The number of hydrogen-bond donors (Lipinski definition) is 1. The summed E-state index contributed by atoms with van der Waals surface area (Å²) in [6, 6.07) is 0. The number of amides is 1. The van der Waals surface area contributed by atoms with Gasteiger partial charge < -0.3 is 0 Å². The van der Waals surface area contributed by atoms with Gasteiger partial charge in [0.1, 0.15) is 0 Å². The van der Waals surface area contributed by atoms with Crippen LogP contribution in [-0.4, -0.2) is 12.1 Å². The van der Waals surface area contributed by atoms with Crippen molar-refractivity contribution in [3.8, 4) is 0 Å². The van der Waals surface area contributed by atoms with Crippen LogP contribution in [0.5, 0.6) is 0 Å². The molecule has 0 spiro atoms. The highest BCUT2D eigenvalue weighted by Gasteiger charge is 2.49. The fraction of sp³-hybridized carbons (Fsp3) is 0.571. The van der Waals surface area contributed by atoms with E-state index in [1.54, 1.807) is 0 Å². The van der Waals surface area contributed by atoms with Crippen molar-refractivity contribution in [3.05, 3.63) is 35.2 Å². The van der Waals surface area contributed by atoms with Crippen molar-refractivity contribution < 1.29 is 4.79 Å². The molecule has 0 saturated heterocycles. The van der Waals surface area contributed by atoms with E-state index in [4.69, 9.17) is 6.57 Å². The first-order valence-corrected chi connectivity index (χ1v) is 6.13. The largest absolute Gasteiger partial charge is 0.333 e. The molecule has 3 heteroatoms. The predicted octanol–water partition coefficient (Wildman–Crippen LogP) is 2.81. The summed E-state index contributed by atoms with van der Waals surface area (Å²) in [5.41, 5.74) is 0.304. The Morgan fingerprint density at radius 3 is 2.94 bits per heavy atom. The highest BCUT2D eigenvalue weighted by molar-refractivity contribution is 5.53. The van der Waals surface area contributed by atoms with Crippen molar-refractivity contribution in [2.45, 2.75) is 44.7 Å². The molecule has 0 unspecified atom stereocenters. The summed E-state index contributed by atoms with van der Waals surface area (Å²) in [5.74, 6) is 0. The molecule has 3 nitrogen and oxygen atoms in total. The topological polar surface area (TPSA) is 33.5 Å². The molecule has 2 atom stereocenters. The lowest BCUT2D eigenvalue weighted by molar-refractivity contribution is -0.110. The average molecular weight is 230 g/mol. The molecule has 0 heterocycles. The zero-order valence-electron chi connectivity index (χ0n) is 10.2. The Kier molecular flexibility index (Phi) is 3.06. The number of allylic oxidation sites excluding steroid dienone is 2. The quantitative estimate of drug-likeness (QED) is 0.442. The molecule has 0 aromatic carbocycles. The smallest absolute Gasteiger partial charge is 0.283 e. The SMILES string of the molecule is [C-]#[N+][C@]1(NC=O)CC=CC[C@@]2(C)CCCC=C21. The van der Waals surface area contributed by atoms with Crippen molar-refractivity contribution in [2.24, 2.45) is 5.41 Å². The first kappa shape index (κ1) is 11.9. The number of carbonyl (C=O) groups is 1. The average Bonchev–Trinajstić information content (AvgIpc) is 2.48. The molecule has 2 aliphatic carbocycles. The third-order valence-electron chi connectivity index (χ3n) is 4.01. The standard InChI is InChI=1S/C14H18N2O/c1-13-8-4-3-7-12(13)14(15-2,16-11-17)10-6-5-9-13/h5-7,11H,3-4,8-10H2,1H3,(H,16,17)/t13-,14+/m1/s1. The van der Waals surface area contributed by atoms with Gasteiger partial charge in [0.05, 0.1) is 6.42 Å². The molecule has 1 N–H and O–H groups in total. The van der Waals surface area contributed by atoms with Gasteiger partial charge in [0.15, 0.2) is 0 Å². The molecule has 0 aromatic heterocycles. The lowest BCUT2D eigenvalue weighted by atomic mass is 9.68. The third-order valence-corrected chi connectivity index (χ3v) is 4.01. The van der Waals surface area contributed by atoms with E-state index in [0.717, 1.165) is 24.8 Å². The van der Waals surface area contributed by atoms with Gasteiger partial charge in [-0.3, -0.25) is 15.0 Å². The van der Waals surface area contributed by atoms with E-state index < -0.39 is 5.66 Å². The van der Waals surface area contributed by atoms with Crippen molar-refractivity contribution in [1.29, 1.82) is 0 Å². The van der Waals surface area contributed by atoms with Gasteiger partial charge in [-0.05, 0) is 25.7 Å². The van der Waals surface area contributed by atoms with Gasteiger partial charge in [-0.25, -0.2) is 6.57 Å². The normalized spacial score (nSPS) is 36.1. The molecule has 1 amide bonds. The Hall–Kier alpha value is -1.56. The summed E-state index contributed by atoms with van der Waals surface area (Å²) < 4.78 is 0. The number of fused-ring (bicyclic) bond motifs is 1. The van der Waals surface area contributed by atoms with Crippen LogP contribution in [0.4, 0.5) is 0 Å².